The fourth-order valence-electron chi connectivity index (χ4n) is 3.64. The molecule has 3 N–H and O–H groups in total. The lowest BCUT2D eigenvalue weighted by molar-refractivity contribution is -0.126. The van der Waals surface area contributed by atoms with Crippen molar-refractivity contribution in [2.75, 3.05) is 0 Å². The lowest BCUT2D eigenvalue weighted by atomic mass is 9.85. The molecule has 0 unspecified atom stereocenters. The van der Waals surface area contributed by atoms with Gasteiger partial charge >= 0.3 is 0 Å². The highest BCUT2D eigenvalue weighted by Crippen LogP contribution is 2.39. The highest BCUT2D eigenvalue weighted by Gasteiger charge is 2.29. The molecule has 0 atom stereocenters. The van der Waals surface area contributed by atoms with E-state index >= 15 is 0 Å². The van der Waals surface area contributed by atoms with Gasteiger partial charge in [0.25, 0.3) is 5.91 Å². The largest absolute Gasteiger partial charge is 0.350 e. The number of nitrogens with zero attached hydrogens (tertiary/aromatic N) is 2. The fourth-order valence-corrected chi connectivity index (χ4v) is 3.64. The fraction of sp³-hybridized carbons (Fsp3) is 0.500. The summed E-state index contributed by atoms with van der Waals surface area (Å²) in [6.45, 7) is 0.457. The van der Waals surface area contributed by atoms with Crippen molar-refractivity contribution in [2.45, 2.75) is 57.0 Å². The van der Waals surface area contributed by atoms with Gasteiger partial charge in [0.15, 0.2) is 0 Å². The van der Waals surface area contributed by atoms with E-state index in [1.54, 1.807) is 6.20 Å². The zero-order chi connectivity index (χ0) is 18.6. The van der Waals surface area contributed by atoms with E-state index in [4.69, 9.17) is 0 Å². The third kappa shape index (κ3) is 4.53. The van der Waals surface area contributed by atoms with E-state index in [1.165, 1.54) is 12.8 Å². The Balaban J connectivity index is 1.21. The molecule has 0 radical (unpaired) electrons. The summed E-state index contributed by atoms with van der Waals surface area (Å²) in [5.74, 6) is 0.515. The Kier molecular flexibility index (Phi) is 5.18. The average Bonchev–Trinajstić information content (AvgIpc) is 3.44. The number of carbonyl (C=O) groups is 2. The third-order valence-electron chi connectivity index (χ3n) is 5.45. The molecule has 4 rings (SSSR count). The summed E-state index contributed by atoms with van der Waals surface area (Å²) in [6.07, 6.45) is 7.27. The maximum absolute atomic E-state index is 12.4. The average molecular weight is 367 g/mol. The molecule has 2 aliphatic carbocycles. The van der Waals surface area contributed by atoms with Gasteiger partial charge in [-0.3, -0.25) is 19.7 Å². The minimum atomic E-state index is -0.124. The van der Waals surface area contributed by atoms with Gasteiger partial charge in [-0.2, -0.15) is 5.10 Å². The van der Waals surface area contributed by atoms with Crippen molar-refractivity contribution in [1.29, 1.82) is 0 Å². The molecular formula is C20H25N5O2. The van der Waals surface area contributed by atoms with Crippen LogP contribution in [0.25, 0.3) is 0 Å². The van der Waals surface area contributed by atoms with E-state index in [-0.39, 0.29) is 23.8 Å². The van der Waals surface area contributed by atoms with Gasteiger partial charge in [0, 0.05) is 29.8 Å². The van der Waals surface area contributed by atoms with Crippen molar-refractivity contribution in [3.05, 3.63) is 47.5 Å². The quantitative estimate of drug-likeness (QED) is 0.729. The van der Waals surface area contributed by atoms with Gasteiger partial charge in [0.1, 0.15) is 5.69 Å². The second-order valence-corrected chi connectivity index (χ2v) is 7.54. The van der Waals surface area contributed by atoms with E-state index in [2.05, 4.69) is 25.8 Å². The van der Waals surface area contributed by atoms with E-state index in [0.29, 0.717) is 18.2 Å². The van der Waals surface area contributed by atoms with Crippen LogP contribution >= 0.6 is 0 Å². The highest BCUT2D eigenvalue weighted by atomic mass is 16.2. The molecule has 0 saturated heterocycles. The van der Waals surface area contributed by atoms with Crippen LogP contribution in [0.5, 0.6) is 0 Å². The predicted octanol–water partition coefficient (Wildman–Crippen LogP) is 2.29. The van der Waals surface area contributed by atoms with Gasteiger partial charge in [-0.05, 0) is 56.7 Å². The lowest BCUT2D eigenvalue weighted by Crippen LogP contribution is -2.41. The van der Waals surface area contributed by atoms with Gasteiger partial charge < -0.3 is 10.6 Å². The Hall–Kier alpha value is -2.70. The Morgan fingerprint density at radius 3 is 2.63 bits per heavy atom. The van der Waals surface area contributed by atoms with Crippen LogP contribution in [0.15, 0.2) is 30.5 Å². The summed E-state index contributed by atoms with van der Waals surface area (Å²) in [4.78, 5) is 28.9. The first-order chi connectivity index (χ1) is 13.2. The molecule has 0 spiro atoms. The maximum Gasteiger partial charge on any atom is 0.271 e. The Morgan fingerprint density at radius 1 is 1.11 bits per heavy atom. The van der Waals surface area contributed by atoms with E-state index in [0.717, 1.165) is 37.1 Å². The van der Waals surface area contributed by atoms with Crippen LogP contribution in [0, 0.1) is 5.92 Å². The monoisotopic (exact) mass is 367 g/mol. The summed E-state index contributed by atoms with van der Waals surface area (Å²) in [5.41, 5.74) is 2.39. The Labute approximate surface area is 158 Å². The smallest absolute Gasteiger partial charge is 0.271 e. The molecule has 0 bridgehead atoms. The van der Waals surface area contributed by atoms with Gasteiger partial charge in [-0.1, -0.05) is 6.07 Å². The molecule has 2 aromatic heterocycles. The Bertz CT molecular complexity index is 792. The summed E-state index contributed by atoms with van der Waals surface area (Å²) < 4.78 is 0. The zero-order valence-corrected chi connectivity index (χ0v) is 15.3. The minimum Gasteiger partial charge on any atom is -0.350 e. The molecule has 142 valence electrons. The van der Waals surface area contributed by atoms with Crippen molar-refractivity contribution < 1.29 is 9.59 Å². The number of rotatable bonds is 6. The zero-order valence-electron chi connectivity index (χ0n) is 15.3. The molecule has 2 aromatic rings. The predicted molar refractivity (Wildman–Crippen MR) is 99.9 cm³/mol. The Morgan fingerprint density at radius 2 is 1.93 bits per heavy atom. The van der Waals surface area contributed by atoms with Crippen LogP contribution in [-0.4, -0.2) is 33.0 Å². The number of aromatic amines is 1. The van der Waals surface area contributed by atoms with E-state index in [9.17, 15) is 9.59 Å². The molecule has 0 aliphatic heterocycles. The van der Waals surface area contributed by atoms with Crippen LogP contribution in [0.4, 0.5) is 0 Å². The molecular weight excluding hydrogens is 342 g/mol. The van der Waals surface area contributed by atoms with E-state index in [1.807, 2.05) is 24.3 Å². The number of pyridine rings is 1. The summed E-state index contributed by atoms with van der Waals surface area (Å²) in [6, 6.07) is 7.64. The van der Waals surface area contributed by atoms with Crippen molar-refractivity contribution in [3.63, 3.8) is 0 Å². The maximum atomic E-state index is 12.4. The van der Waals surface area contributed by atoms with Crippen molar-refractivity contribution in [3.8, 4) is 0 Å². The van der Waals surface area contributed by atoms with Gasteiger partial charge in [0.05, 0.1) is 12.2 Å². The molecule has 2 aliphatic rings. The number of amides is 2. The SMILES string of the molecule is O=C(NC1CCC(C(=O)NCc2ccccn2)CC1)c1cc(C2CC2)[nH]n1. The van der Waals surface area contributed by atoms with Crippen molar-refractivity contribution >= 4 is 11.8 Å². The van der Waals surface area contributed by atoms with Gasteiger partial charge in [-0.15, -0.1) is 0 Å². The molecule has 2 amide bonds. The minimum absolute atomic E-state index is 0.00807. The normalized spacial score (nSPS) is 22.2. The summed E-state index contributed by atoms with van der Waals surface area (Å²) in [7, 11) is 0. The first kappa shape index (κ1) is 17.7. The molecule has 7 heteroatoms. The van der Waals surface area contributed by atoms with Crippen LogP contribution in [0.1, 0.15) is 66.3 Å². The van der Waals surface area contributed by atoms with Crippen LogP contribution < -0.4 is 10.6 Å². The van der Waals surface area contributed by atoms with Crippen molar-refractivity contribution in [2.24, 2.45) is 5.92 Å². The number of nitrogens with one attached hydrogen (secondary N) is 3. The standard InChI is InChI=1S/C20H25N5O2/c26-19(22-12-16-3-1-2-10-21-16)14-6-8-15(9-7-14)23-20(27)18-11-17(24-25-18)13-4-5-13/h1-3,10-11,13-15H,4-9,12H2,(H,22,26)(H,23,27)(H,24,25). The number of hydrogen-bond donors (Lipinski definition) is 3. The number of carbonyl (C=O) groups excluding carboxylic acids is 2. The molecule has 27 heavy (non-hydrogen) atoms. The lowest BCUT2D eigenvalue weighted by Gasteiger charge is -2.28. The van der Waals surface area contributed by atoms with Crippen LogP contribution in [0.2, 0.25) is 0 Å². The summed E-state index contributed by atoms with van der Waals surface area (Å²) >= 11 is 0. The molecule has 0 aromatic carbocycles. The third-order valence-corrected chi connectivity index (χ3v) is 5.45. The highest BCUT2D eigenvalue weighted by molar-refractivity contribution is 5.92. The molecule has 2 fully saturated rings. The number of aromatic nitrogens is 3. The van der Waals surface area contributed by atoms with Crippen LogP contribution in [0.3, 0.4) is 0 Å². The van der Waals surface area contributed by atoms with Crippen molar-refractivity contribution in [1.82, 2.24) is 25.8 Å². The first-order valence-corrected chi connectivity index (χ1v) is 9.73. The number of hydrogen-bond acceptors (Lipinski definition) is 4. The molecule has 7 nitrogen and oxygen atoms in total. The molecule has 2 saturated carbocycles. The first-order valence-electron chi connectivity index (χ1n) is 9.73. The van der Waals surface area contributed by atoms with E-state index < -0.39 is 0 Å². The number of H-pyrrole nitrogens is 1. The topological polar surface area (TPSA) is 99.8 Å². The van der Waals surface area contributed by atoms with Gasteiger partial charge in [0.2, 0.25) is 5.91 Å². The molecule has 2 heterocycles. The van der Waals surface area contributed by atoms with Gasteiger partial charge in [-0.25, -0.2) is 0 Å². The second-order valence-electron chi connectivity index (χ2n) is 7.54. The van der Waals surface area contributed by atoms with Crippen LogP contribution in [-0.2, 0) is 11.3 Å². The summed E-state index contributed by atoms with van der Waals surface area (Å²) in [5, 5.41) is 13.1. The second kappa shape index (κ2) is 7.90.